The smallest absolute Gasteiger partial charge is 0.365 e. The summed E-state index contributed by atoms with van der Waals surface area (Å²) in [6.07, 6.45) is -2.71. The van der Waals surface area contributed by atoms with Gasteiger partial charge in [0.2, 0.25) is 21.9 Å². The van der Waals surface area contributed by atoms with E-state index in [-0.39, 0.29) is 36.5 Å². The number of aromatic nitrogens is 3. The molecule has 0 aliphatic rings. The van der Waals surface area contributed by atoms with Gasteiger partial charge in [-0.05, 0) is 30.7 Å². The minimum absolute atomic E-state index is 0.00352. The Morgan fingerprint density at radius 1 is 1.06 bits per heavy atom. The molecule has 0 unspecified atom stereocenters. The van der Waals surface area contributed by atoms with Crippen molar-refractivity contribution in [1.29, 1.82) is 0 Å². The fourth-order valence-electron chi connectivity index (χ4n) is 2.97. The van der Waals surface area contributed by atoms with E-state index in [1.54, 1.807) is 24.3 Å². The lowest BCUT2D eigenvalue weighted by Gasteiger charge is -2.16. The van der Waals surface area contributed by atoms with Crippen molar-refractivity contribution < 1.29 is 26.4 Å². The summed E-state index contributed by atoms with van der Waals surface area (Å²) in [5, 5.41) is 8.13. The molecule has 3 aromatic rings. The highest BCUT2D eigenvalue weighted by Gasteiger charge is 2.35. The number of hydrogen-bond donors (Lipinski definition) is 4. The normalized spacial score (nSPS) is 11.6. The number of carbonyl (C=O) groups is 1. The molecule has 0 radical (unpaired) electrons. The quantitative estimate of drug-likeness (QED) is 0.316. The number of sulfonamides is 1. The van der Waals surface area contributed by atoms with Crippen LogP contribution in [-0.2, 0) is 34.1 Å². The number of nitrogens with zero attached hydrogens (tertiary/aromatic N) is 3. The van der Waals surface area contributed by atoms with Crippen LogP contribution in [0.15, 0.2) is 48.8 Å². The van der Waals surface area contributed by atoms with E-state index in [0.717, 1.165) is 5.56 Å². The van der Waals surface area contributed by atoms with Gasteiger partial charge in [-0.3, -0.25) is 9.52 Å². The van der Waals surface area contributed by atoms with E-state index in [0.29, 0.717) is 17.4 Å². The van der Waals surface area contributed by atoms with Gasteiger partial charge in [-0.25, -0.2) is 18.4 Å². The standard InChI is InChI=1S/C22H24F3N7O3S/c1-3-36(34,35)32-19-16(7-5-9-26-19)12-28-20-18(22(23,24)25)13-29-21(31-20)30-17-8-4-6-15(10-17)11-27-14(2)33/h4-10,13H,3,11-12H2,1-2H3,(H,26,32)(H,27,33)(H2,28,29,30,31). The van der Waals surface area contributed by atoms with Gasteiger partial charge in [-0.1, -0.05) is 18.2 Å². The Balaban J connectivity index is 1.84. The van der Waals surface area contributed by atoms with Crippen LogP contribution in [0.2, 0.25) is 0 Å². The van der Waals surface area contributed by atoms with Gasteiger partial charge in [0.1, 0.15) is 17.2 Å². The molecule has 0 saturated heterocycles. The Hall–Kier alpha value is -3.94. The van der Waals surface area contributed by atoms with Crippen molar-refractivity contribution in [3.63, 3.8) is 0 Å². The van der Waals surface area contributed by atoms with Crippen molar-refractivity contribution >= 4 is 39.2 Å². The molecule has 0 saturated carbocycles. The Kier molecular flexibility index (Phi) is 8.29. The Morgan fingerprint density at radius 2 is 1.83 bits per heavy atom. The van der Waals surface area contributed by atoms with Crippen LogP contribution in [-0.4, -0.2) is 35.0 Å². The zero-order chi connectivity index (χ0) is 26.3. The zero-order valence-corrected chi connectivity index (χ0v) is 20.2. The summed E-state index contributed by atoms with van der Waals surface area (Å²) in [5.74, 6) is -0.984. The Labute approximate surface area is 205 Å². The molecule has 2 heterocycles. The molecule has 0 bridgehead atoms. The lowest BCUT2D eigenvalue weighted by atomic mass is 10.2. The van der Waals surface area contributed by atoms with Gasteiger partial charge in [0.25, 0.3) is 0 Å². The number of anilines is 4. The van der Waals surface area contributed by atoms with E-state index in [9.17, 15) is 26.4 Å². The number of hydrogen-bond acceptors (Lipinski definition) is 8. The molecule has 1 aromatic carbocycles. The van der Waals surface area contributed by atoms with Crippen LogP contribution in [0.4, 0.5) is 36.4 Å². The first-order chi connectivity index (χ1) is 17.0. The molecule has 0 aliphatic heterocycles. The first-order valence-electron chi connectivity index (χ1n) is 10.7. The predicted octanol–water partition coefficient (Wildman–Crippen LogP) is 3.64. The number of halogens is 3. The summed E-state index contributed by atoms with van der Waals surface area (Å²) in [4.78, 5) is 22.9. The first kappa shape index (κ1) is 26.7. The molecule has 36 heavy (non-hydrogen) atoms. The maximum atomic E-state index is 13.6. The van der Waals surface area contributed by atoms with Gasteiger partial charge in [0.15, 0.2) is 0 Å². The van der Waals surface area contributed by atoms with Crippen molar-refractivity contribution in [2.45, 2.75) is 33.1 Å². The third kappa shape index (κ3) is 7.53. The Bertz CT molecular complexity index is 1330. The van der Waals surface area contributed by atoms with Crippen molar-refractivity contribution in [1.82, 2.24) is 20.3 Å². The number of rotatable bonds is 10. The van der Waals surface area contributed by atoms with E-state index < -0.39 is 27.6 Å². The highest BCUT2D eigenvalue weighted by molar-refractivity contribution is 7.92. The third-order valence-corrected chi connectivity index (χ3v) is 6.05. The van der Waals surface area contributed by atoms with Crippen LogP contribution >= 0.6 is 0 Å². The summed E-state index contributed by atoms with van der Waals surface area (Å²) in [5.41, 5.74) is 0.500. The number of pyridine rings is 1. The van der Waals surface area contributed by atoms with Crippen molar-refractivity contribution in [2.75, 3.05) is 21.1 Å². The average molecular weight is 524 g/mol. The highest BCUT2D eigenvalue weighted by Crippen LogP contribution is 2.34. The van der Waals surface area contributed by atoms with Crippen LogP contribution in [0.3, 0.4) is 0 Å². The van der Waals surface area contributed by atoms with Gasteiger partial charge in [0.05, 0.1) is 5.75 Å². The van der Waals surface area contributed by atoms with Crippen LogP contribution in [0.25, 0.3) is 0 Å². The van der Waals surface area contributed by atoms with E-state index >= 15 is 0 Å². The van der Waals surface area contributed by atoms with Crippen LogP contribution in [0.1, 0.15) is 30.5 Å². The van der Waals surface area contributed by atoms with Crippen LogP contribution < -0.4 is 20.7 Å². The Morgan fingerprint density at radius 3 is 2.53 bits per heavy atom. The molecule has 10 nitrogen and oxygen atoms in total. The van der Waals surface area contributed by atoms with E-state index in [2.05, 4.69) is 35.6 Å². The molecule has 1 amide bonds. The van der Waals surface area contributed by atoms with Crippen LogP contribution in [0.5, 0.6) is 0 Å². The minimum Gasteiger partial charge on any atom is -0.365 e. The molecule has 3 rings (SSSR count). The van der Waals surface area contributed by atoms with Gasteiger partial charge in [0, 0.05) is 43.7 Å². The van der Waals surface area contributed by atoms with Gasteiger partial charge < -0.3 is 16.0 Å². The second-order valence-electron chi connectivity index (χ2n) is 7.56. The van der Waals surface area contributed by atoms with Crippen LogP contribution in [0, 0.1) is 0 Å². The molecule has 0 atom stereocenters. The number of amides is 1. The lowest BCUT2D eigenvalue weighted by molar-refractivity contribution is -0.137. The molecule has 4 N–H and O–H groups in total. The summed E-state index contributed by atoms with van der Waals surface area (Å²) >= 11 is 0. The van der Waals surface area contributed by atoms with E-state index in [1.165, 1.54) is 32.2 Å². The molecular weight excluding hydrogens is 499 g/mol. The third-order valence-electron chi connectivity index (χ3n) is 4.79. The zero-order valence-electron chi connectivity index (χ0n) is 19.3. The van der Waals surface area contributed by atoms with Gasteiger partial charge in [-0.2, -0.15) is 18.2 Å². The monoisotopic (exact) mass is 523 g/mol. The summed E-state index contributed by atoms with van der Waals surface area (Å²) in [6.45, 7) is 2.92. The molecule has 0 aliphatic carbocycles. The molecule has 192 valence electrons. The summed E-state index contributed by atoms with van der Waals surface area (Å²) in [7, 11) is -3.64. The maximum Gasteiger partial charge on any atom is 0.421 e. The molecule has 2 aromatic heterocycles. The van der Waals surface area contributed by atoms with Gasteiger partial charge >= 0.3 is 6.18 Å². The van der Waals surface area contributed by atoms with E-state index in [1.807, 2.05) is 0 Å². The first-order valence-corrected chi connectivity index (χ1v) is 12.3. The molecular formula is C22H24F3N7O3S. The van der Waals surface area contributed by atoms with Crippen molar-refractivity contribution in [3.8, 4) is 0 Å². The fourth-order valence-corrected chi connectivity index (χ4v) is 3.59. The SMILES string of the molecule is CCS(=O)(=O)Nc1ncccc1CNc1nc(Nc2cccc(CNC(C)=O)c2)ncc1C(F)(F)F. The number of alkyl halides is 3. The second-order valence-corrected chi connectivity index (χ2v) is 9.57. The number of nitrogens with one attached hydrogen (secondary N) is 4. The highest BCUT2D eigenvalue weighted by atomic mass is 32.2. The fraction of sp³-hybridized carbons (Fsp3) is 0.273. The lowest BCUT2D eigenvalue weighted by Crippen LogP contribution is -2.19. The molecule has 14 heteroatoms. The number of benzene rings is 1. The summed E-state index contributed by atoms with van der Waals surface area (Å²) < 4.78 is 67.0. The second kappa shape index (κ2) is 11.2. The topological polar surface area (TPSA) is 138 Å². The summed E-state index contributed by atoms with van der Waals surface area (Å²) in [6, 6.07) is 9.93. The average Bonchev–Trinajstić information content (AvgIpc) is 2.81. The van der Waals surface area contributed by atoms with Crippen molar-refractivity contribution in [2.24, 2.45) is 0 Å². The maximum absolute atomic E-state index is 13.6. The largest absolute Gasteiger partial charge is 0.421 e. The van der Waals surface area contributed by atoms with Gasteiger partial charge in [-0.15, -0.1) is 0 Å². The van der Waals surface area contributed by atoms with E-state index in [4.69, 9.17) is 0 Å². The number of carbonyl (C=O) groups excluding carboxylic acids is 1. The molecule has 0 spiro atoms. The predicted molar refractivity (Wildman–Crippen MR) is 129 cm³/mol. The minimum atomic E-state index is -4.74. The molecule has 0 fully saturated rings. The van der Waals surface area contributed by atoms with Crippen molar-refractivity contribution in [3.05, 3.63) is 65.5 Å².